The fraction of sp³-hybridized carbons (Fsp3) is 0.642. The van der Waals surface area contributed by atoms with E-state index in [9.17, 15) is 14.4 Å². The summed E-state index contributed by atoms with van der Waals surface area (Å²) in [6.45, 7) is 24.8. The monoisotopic (exact) mass is 896 g/mol. The number of aliphatic imine (C=N–C) groups is 1. The van der Waals surface area contributed by atoms with E-state index in [1.54, 1.807) is 12.1 Å². The van der Waals surface area contributed by atoms with Gasteiger partial charge >= 0.3 is 0 Å². The number of methoxy groups -OCH3 is 1. The molecule has 1 saturated carbocycles. The molecule has 5 rings (SSSR count). The van der Waals surface area contributed by atoms with E-state index in [2.05, 4.69) is 86.8 Å². The summed E-state index contributed by atoms with van der Waals surface area (Å²) in [6, 6.07) is 9.63. The Morgan fingerprint density at radius 3 is 2.49 bits per heavy atom. The van der Waals surface area contributed by atoms with E-state index in [4.69, 9.17) is 19.5 Å². The first kappa shape index (κ1) is 51.7. The first-order valence-corrected chi connectivity index (χ1v) is 24.6. The predicted molar refractivity (Wildman–Crippen MR) is 264 cm³/mol. The lowest BCUT2D eigenvalue weighted by Crippen LogP contribution is -2.59. The van der Waals surface area contributed by atoms with Crippen LogP contribution in [0.25, 0.3) is 16.8 Å². The van der Waals surface area contributed by atoms with Crippen LogP contribution in [-0.2, 0) is 23.9 Å². The molecule has 3 aliphatic rings. The number of likely N-dealkylation sites (tertiary alicyclic amines) is 1. The Kier molecular flexibility index (Phi) is 19.9. The fourth-order valence-corrected chi connectivity index (χ4v) is 10.2. The van der Waals surface area contributed by atoms with E-state index in [0.29, 0.717) is 25.4 Å². The van der Waals surface area contributed by atoms with Crippen molar-refractivity contribution in [3.8, 4) is 0 Å². The molecule has 0 bridgehead atoms. The molecule has 2 aliphatic heterocycles. The van der Waals surface area contributed by atoms with Crippen molar-refractivity contribution in [2.45, 2.75) is 145 Å². The normalized spacial score (nSPS) is 20.3. The highest BCUT2D eigenvalue weighted by atomic mass is 16.5. The van der Waals surface area contributed by atoms with E-state index in [1.165, 1.54) is 5.57 Å². The molecule has 2 aromatic rings. The maximum absolute atomic E-state index is 14.7. The van der Waals surface area contributed by atoms with Gasteiger partial charge in [-0.2, -0.15) is 0 Å². The molecule has 3 fully saturated rings. The van der Waals surface area contributed by atoms with Gasteiger partial charge in [0.1, 0.15) is 6.04 Å². The summed E-state index contributed by atoms with van der Waals surface area (Å²) in [7, 11) is 1.71. The Morgan fingerprint density at radius 2 is 1.83 bits per heavy atom. The van der Waals surface area contributed by atoms with Gasteiger partial charge in [0.15, 0.2) is 0 Å². The van der Waals surface area contributed by atoms with Crippen LogP contribution < -0.4 is 16.1 Å². The molecule has 2 saturated heterocycles. The molecule has 1 aromatic carbocycles. The van der Waals surface area contributed by atoms with Crippen LogP contribution in [0.1, 0.15) is 154 Å². The number of amides is 2. The molecule has 3 N–H and O–H groups in total. The molecule has 1 aliphatic carbocycles. The standard InChI is InChI=1S/C53H81N7O5/c1-11-36(4)48(43-21-18-25-55-49(43)39(7)64-10)45(31-53(8,9)34-65-35-61)44-30-42(23-22-37(44)5)46(12-2)57-38(6)29-47(52(63)60-27-17-16-26-56-60)58-51(62)50(41-19-14-15-20-41)59-28-24-40(33-59)32-54-13-3/h12,18,21-23,25,30,35-36,39-41,47,50,54,56H,11,13-17,19-20,24,26-29,31-34H2,1-10H3,(H,58,62)/b46-12-,48-45+,57-38?. The smallest absolute Gasteiger partial charge is 0.293 e. The maximum Gasteiger partial charge on any atom is 0.293 e. The average molecular weight is 896 g/mol. The molecular formula is C53H81N7O5. The van der Waals surface area contributed by atoms with Crippen molar-refractivity contribution < 1.29 is 23.9 Å². The lowest BCUT2D eigenvalue weighted by Gasteiger charge is -2.35. The molecule has 5 atom stereocenters. The van der Waals surface area contributed by atoms with Gasteiger partial charge in [0, 0.05) is 61.6 Å². The molecule has 5 unspecified atom stereocenters. The van der Waals surface area contributed by atoms with Gasteiger partial charge in [-0.1, -0.05) is 71.7 Å². The molecule has 12 heteroatoms. The lowest BCUT2D eigenvalue weighted by atomic mass is 9.76. The van der Waals surface area contributed by atoms with Crippen LogP contribution in [0, 0.1) is 30.1 Å². The highest BCUT2D eigenvalue weighted by Crippen LogP contribution is 2.44. The van der Waals surface area contributed by atoms with Crippen molar-refractivity contribution in [1.82, 2.24) is 31.0 Å². The molecular weight excluding hydrogens is 815 g/mol. The molecule has 0 radical (unpaired) electrons. The quantitative estimate of drug-likeness (QED) is 0.0738. The van der Waals surface area contributed by atoms with Crippen LogP contribution in [0.15, 0.2) is 47.6 Å². The first-order chi connectivity index (χ1) is 31.2. The van der Waals surface area contributed by atoms with Gasteiger partial charge < -0.3 is 20.1 Å². The number of hydrogen-bond donors (Lipinski definition) is 3. The summed E-state index contributed by atoms with van der Waals surface area (Å²) >= 11 is 0. The maximum atomic E-state index is 14.7. The molecule has 12 nitrogen and oxygen atoms in total. The van der Waals surface area contributed by atoms with Crippen LogP contribution >= 0.6 is 0 Å². The number of hydrogen-bond acceptors (Lipinski definition) is 10. The number of nitrogens with one attached hydrogen (secondary N) is 3. The fourth-order valence-electron chi connectivity index (χ4n) is 10.2. The number of allylic oxidation sites excluding steroid dienone is 3. The number of carbonyl (C=O) groups excluding carboxylic acids is 3. The van der Waals surface area contributed by atoms with E-state index in [1.807, 2.05) is 39.1 Å². The number of rotatable bonds is 23. The third-order valence-electron chi connectivity index (χ3n) is 13.9. The van der Waals surface area contributed by atoms with Crippen LogP contribution in [-0.4, -0.2) is 104 Å². The van der Waals surface area contributed by atoms with Crippen LogP contribution in [0.4, 0.5) is 0 Å². The summed E-state index contributed by atoms with van der Waals surface area (Å²) in [5.41, 5.74) is 11.9. The van der Waals surface area contributed by atoms with E-state index in [-0.39, 0.29) is 54.2 Å². The first-order valence-electron chi connectivity index (χ1n) is 24.6. The summed E-state index contributed by atoms with van der Waals surface area (Å²) in [5, 5.41) is 8.56. The molecule has 65 heavy (non-hydrogen) atoms. The van der Waals surface area contributed by atoms with Gasteiger partial charge in [-0.25, -0.2) is 5.43 Å². The van der Waals surface area contributed by atoms with Gasteiger partial charge in [-0.05, 0) is 144 Å². The summed E-state index contributed by atoms with van der Waals surface area (Å²) < 4.78 is 11.3. The zero-order valence-corrected chi connectivity index (χ0v) is 41.4. The van der Waals surface area contributed by atoms with Gasteiger partial charge in [0.05, 0.1) is 30.1 Å². The van der Waals surface area contributed by atoms with Gasteiger partial charge in [0.25, 0.3) is 12.4 Å². The second-order valence-electron chi connectivity index (χ2n) is 19.6. The summed E-state index contributed by atoms with van der Waals surface area (Å²) in [4.78, 5) is 53.0. The number of carbonyl (C=O) groups is 3. The van der Waals surface area contributed by atoms with Gasteiger partial charge in [-0.15, -0.1) is 0 Å². The SMILES string of the molecule is C/C=C(\N=C(C)CC(NC(=O)C(C1CCCC1)N1CCC(CNCC)C1)C(=O)N1CCCCN1)c1ccc(C)c(/C(CC(C)(C)COC=O)=C(/c2cccnc2C(C)OC)C(C)CC)c1. The third-order valence-corrected chi connectivity index (χ3v) is 13.9. The van der Waals surface area contributed by atoms with E-state index < -0.39 is 6.04 Å². The lowest BCUT2D eigenvalue weighted by molar-refractivity contribution is -0.141. The van der Waals surface area contributed by atoms with Crippen LogP contribution in [0.5, 0.6) is 0 Å². The topological polar surface area (TPSA) is 137 Å². The molecule has 0 spiro atoms. The molecule has 1 aromatic heterocycles. The second kappa shape index (κ2) is 25.1. The Bertz CT molecular complexity index is 1980. The number of hydrazine groups is 1. The Labute approximate surface area is 390 Å². The zero-order chi connectivity index (χ0) is 47.1. The summed E-state index contributed by atoms with van der Waals surface area (Å²) in [5.74, 6) is 0.818. The van der Waals surface area contributed by atoms with Crippen molar-refractivity contribution in [2.75, 3.05) is 53.0 Å². The minimum atomic E-state index is -0.765. The number of aryl methyl sites for hydroxylation is 1. The Hall–Kier alpha value is -4.23. The van der Waals surface area contributed by atoms with Gasteiger partial charge in [0.2, 0.25) is 5.91 Å². The predicted octanol–water partition coefficient (Wildman–Crippen LogP) is 8.96. The van der Waals surface area contributed by atoms with Crippen molar-refractivity contribution in [2.24, 2.45) is 28.2 Å². The van der Waals surface area contributed by atoms with Crippen molar-refractivity contribution in [3.63, 3.8) is 0 Å². The minimum Gasteiger partial charge on any atom is -0.467 e. The highest BCUT2D eigenvalue weighted by molar-refractivity contribution is 5.97. The number of aromatic nitrogens is 1. The minimum absolute atomic E-state index is 0.0341. The molecule has 3 heterocycles. The van der Waals surface area contributed by atoms with Crippen LogP contribution in [0.3, 0.4) is 0 Å². The average Bonchev–Trinajstić information content (AvgIpc) is 4.02. The summed E-state index contributed by atoms with van der Waals surface area (Å²) in [6.07, 6.45) is 12.8. The number of ether oxygens (including phenoxy) is 2. The van der Waals surface area contributed by atoms with Crippen molar-refractivity contribution in [3.05, 3.63) is 70.6 Å². The number of nitrogens with zero attached hydrogens (tertiary/aromatic N) is 4. The largest absolute Gasteiger partial charge is 0.467 e. The second-order valence-corrected chi connectivity index (χ2v) is 19.6. The number of benzene rings is 1. The zero-order valence-electron chi connectivity index (χ0n) is 41.4. The van der Waals surface area contributed by atoms with E-state index >= 15 is 0 Å². The molecule has 2 amide bonds. The van der Waals surface area contributed by atoms with Crippen molar-refractivity contribution in [1.29, 1.82) is 0 Å². The highest BCUT2D eigenvalue weighted by Gasteiger charge is 2.40. The molecule has 358 valence electrons. The third kappa shape index (κ3) is 13.9. The Balaban J connectivity index is 1.53. The van der Waals surface area contributed by atoms with Crippen LogP contribution in [0.2, 0.25) is 0 Å². The van der Waals surface area contributed by atoms with E-state index in [0.717, 1.165) is 129 Å². The van der Waals surface area contributed by atoms with Crippen molar-refractivity contribution >= 4 is 40.8 Å². The number of pyridine rings is 1. The van der Waals surface area contributed by atoms with Gasteiger partial charge in [-0.3, -0.25) is 34.3 Å². The Morgan fingerprint density at radius 1 is 1.06 bits per heavy atom.